The number of halogens is 23. The van der Waals surface area contributed by atoms with E-state index in [9.17, 15) is 101 Å². The molecule has 2 nitrogen and oxygen atoms in total. The van der Waals surface area contributed by atoms with Gasteiger partial charge in [0, 0.05) is 6.92 Å². The molecule has 0 spiro atoms. The average molecular weight is 616 g/mol. The summed E-state index contributed by atoms with van der Waals surface area (Å²) in [6.07, 6.45) is -40.7. The van der Waals surface area contributed by atoms with Gasteiger partial charge in [0.2, 0.25) is 0 Å². The Bertz CT molecular complexity index is 817. The van der Waals surface area contributed by atoms with Gasteiger partial charge in [0.15, 0.2) is 0 Å². The van der Waals surface area contributed by atoms with Crippen LogP contribution >= 0.6 is 0 Å². The Kier molecular flexibility index (Phi) is 8.26. The monoisotopic (exact) mass is 616 g/mol. The minimum Gasteiger partial charge on any atom is -0.243 e. The zero-order chi connectivity index (χ0) is 30.9. The maximum atomic E-state index is 13.2. The quantitative estimate of drug-likeness (QED) is 0.221. The van der Waals surface area contributed by atoms with Crippen LogP contribution in [0.3, 0.4) is 0 Å². The zero-order valence-corrected chi connectivity index (χ0v) is 16.0. The second kappa shape index (κ2) is 8.66. The van der Waals surface area contributed by atoms with Crippen molar-refractivity contribution in [3.05, 3.63) is 0 Å². The van der Waals surface area contributed by atoms with E-state index in [0.717, 1.165) is 9.47 Å². The van der Waals surface area contributed by atoms with Crippen molar-refractivity contribution in [1.29, 1.82) is 0 Å². The van der Waals surface area contributed by atoms with Crippen LogP contribution in [0.15, 0.2) is 0 Å². The molecule has 0 saturated carbocycles. The van der Waals surface area contributed by atoms with Crippen molar-refractivity contribution in [3.63, 3.8) is 0 Å². The van der Waals surface area contributed by atoms with Gasteiger partial charge in [-0.15, -0.1) is 0 Å². The first-order chi connectivity index (χ1) is 15.4. The van der Waals surface area contributed by atoms with Gasteiger partial charge in [-0.25, -0.2) is 9.47 Å². The molecule has 0 bridgehead atoms. The van der Waals surface area contributed by atoms with Crippen molar-refractivity contribution in [3.8, 4) is 0 Å². The smallest absolute Gasteiger partial charge is 0.243 e. The van der Waals surface area contributed by atoms with Gasteiger partial charge in [0.05, 0.1) is 0 Å². The molecule has 0 aliphatic carbocycles. The molecular formula is C12H3F23O2. The highest BCUT2D eigenvalue weighted by atomic mass is 19.4. The Hall–Kier alpha value is -1.69. The van der Waals surface area contributed by atoms with Gasteiger partial charge in [-0.2, -0.15) is 101 Å². The summed E-state index contributed by atoms with van der Waals surface area (Å²) in [6.45, 7) is -1.34. The molecular weight excluding hydrogens is 613 g/mol. The predicted octanol–water partition coefficient (Wildman–Crippen LogP) is 7.78. The number of hydrogen-bond acceptors (Lipinski definition) is 2. The molecule has 0 unspecified atom stereocenters. The third-order valence-corrected chi connectivity index (χ3v) is 3.67. The van der Waals surface area contributed by atoms with Gasteiger partial charge in [-0.05, 0) is 0 Å². The molecule has 0 aliphatic heterocycles. The highest BCUT2D eigenvalue weighted by Crippen LogP contribution is 2.60. The lowest BCUT2D eigenvalue weighted by Gasteiger charge is -2.40. The lowest BCUT2D eigenvalue weighted by atomic mass is 9.99. The van der Waals surface area contributed by atoms with Crippen molar-refractivity contribution < 1.29 is 110 Å². The van der Waals surface area contributed by atoms with Gasteiger partial charge in [-0.3, -0.25) is 0 Å². The van der Waals surface area contributed by atoms with Crippen LogP contribution in [0.25, 0.3) is 0 Å². The van der Waals surface area contributed by atoms with Crippen molar-refractivity contribution in [2.24, 2.45) is 0 Å². The first-order valence-electron chi connectivity index (χ1n) is 7.66. The van der Waals surface area contributed by atoms with E-state index in [2.05, 4.69) is 0 Å². The number of ether oxygens (including phenoxy) is 2. The fourth-order valence-corrected chi connectivity index (χ4v) is 1.59. The largest absolute Gasteiger partial charge is 0.460 e. The molecule has 0 atom stereocenters. The van der Waals surface area contributed by atoms with Gasteiger partial charge >= 0.3 is 66.1 Å². The summed E-state index contributed by atoms with van der Waals surface area (Å²) in [5.41, 5.74) is 0. The highest BCUT2D eigenvalue weighted by molar-refractivity contribution is 5.05. The van der Waals surface area contributed by atoms with Gasteiger partial charge in [0.1, 0.15) is 0 Å². The highest BCUT2D eigenvalue weighted by Gasteiger charge is 2.89. The fourth-order valence-electron chi connectivity index (χ4n) is 1.59. The predicted molar refractivity (Wildman–Crippen MR) is 63.4 cm³/mol. The Morgan fingerprint density at radius 1 is 0.297 bits per heavy atom. The zero-order valence-electron chi connectivity index (χ0n) is 16.0. The van der Waals surface area contributed by atoms with Crippen molar-refractivity contribution >= 4 is 0 Å². The molecule has 0 amide bonds. The first-order valence-corrected chi connectivity index (χ1v) is 7.66. The van der Waals surface area contributed by atoms with E-state index < -0.39 is 73.1 Å². The molecule has 0 saturated heterocycles. The van der Waals surface area contributed by atoms with Crippen LogP contribution in [-0.2, 0) is 9.47 Å². The molecule has 0 aliphatic rings. The topological polar surface area (TPSA) is 18.5 Å². The third kappa shape index (κ3) is 5.29. The Morgan fingerprint density at radius 2 is 0.541 bits per heavy atom. The second-order valence-corrected chi connectivity index (χ2v) is 6.53. The van der Waals surface area contributed by atoms with E-state index in [4.69, 9.17) is 0 Å². The van der Waals surface area contributed by atoms with Crippen LogP contribution in [0.2, 0.25) is 0 Å². The number of alkyl halides is 23. The molecule has 0 radical (unpaired) electrons. The van der Waals surface area contributed by atoms with E-state index in [1.54, 1.807) is 0 Å². The van der Waals surface area contributed by atoms with Crippen molar-refractivity contribution in [1.82, 2.24) is 0 Å². The van der Waals surface area contributed by atoms with E-state index in [-0.39, 0.29) is 0 Å². The molecule has 37 heavy (non-hydrogen) atoms. The van der Waals surface area contributed by atoms with E-state index in [1.807, 2.05) is 0 Å². The number of hydrogen-bond donors (Lipinski definition) is 0. The van der Waals surface area contributed by atoms with Crippen LogP contribution < -0.4 is 0 Å². The third-order valence-electron chi connectivity index (χ3n) is 3.67. The average Bonchev–Trinajstić information content (AvgIpc) is 2.56. The fraction of sp³-hybridized carbons (Fsp3) is 1.00. The molecule has 25 heteroatoms. The van der Waals surface area contributed by atoms with E-state index in [0.29, 0.717) is 0 Å². The molecule has 0 heterocycles. The molecule has 0 rings (SSSR count). The van der Waals surface area contributed by atoms with Crippen LogP contribution in [0, 0.1) is 0 Å². The lowest BCUT2D eigenvalue weighted by molar-refractivity contribution is -0.558. The summed E-state index contributed by atoms with van der Waals surface area (Å²) in [5.74, 6) is -47.3. The molecule has 0 aromatic carbocycles. The van der Waals surface area contributed by atoms with Crippen LogP contribution in [0.4, 0.5) is 101 Å². The molecule has 0 N–H and O–H groups in total. The van der Waals surface area contributed by atoms with Gasteiger partial charge in [0.25, 0.3) is 0 Å². The SMILES string of the molecule is CC(F)(F)C(F)(F)C(F)(F)C(F)(F)C(F)(F)OC(F)(F)C(F)(F)OC(F)(F)C(F)(F)C(F)(F)C(F)(F)F. The van der Waals surface area contributed by atoms with Crippen LogP contribution in [0.1, 0.15) is 6.92 Å². The maximum absolute atomic E-state index is 13.2. The summed E-state index contributed by atoms with van der Waals surface area (Å²) in [5, 5.41) is 0. The van der Waals surface area contributed by atoms with Crippen LogP contribution in [0.5, 0.6) is 0 Å². The molecule has 224 valence electrons. The van der Waals surface area contributed by atoms with Crippen molar-refractivity contribution in [2.45, 2.75) is 73.1 Å². The Balaban J connectivity index is 6.46. The summed E-state index contributed by atoms with van der Waals surface area (Å²) in [7, 11) is 0. The first kappa shape index (κ1) is 35.3. The van der Waals surface area contributed by atoms with Crippen molar-refractivity contribution in [2.75, 3.05) is 0 Å². The number of rotatable bonds is 11. The molecule has 0 aromatic rings. The second-order valence-electron chi connectivity index (χ2n) is 6.53. The summed E-state index contributed by atoms with van der Waals surface area (Å²) < 4.78 is 296. The van der Waals surface area contributed by atoms with Crippen LogP contribution in [-0.4, -0.2) is 66.1 Å². The van der Waals surface area contributed by atoms with E-state index >= 15 is 0 Å². The molecule has 0 fully saturated rings. The lowest BCUT2D eigenvalue weighted by Crippen LogP contribution is -2.69. The maximum Gasteiger partial charge on any atom is 0.460 e. The van der Waals surface area contributed by atoms with Gasteiger partial charge < -0.3 is 0 Å². The normalized spacial score (nSPS) is 16.9. The minimum atomic E-state index is -8.45. The van der Waals surface area contributed by atoms with E-state index in [1.165, 1.54) is 0 Å². The standard InChI is InChI=1S/C12H3F23O2/c1-2(13,14)3(15,16)4(17,18)6(21,22)9(28,29)36-11(32,33)12(34,35)37-10(30,31)7(23,24)5(19,20)8(25,26)27/h1H3. The molecule has 0 aromatic heterocycles. The summed E-state index contributed by atoms with van der Waals surface area (Å²) >= 11 is 0. The van der Waals surface area contributed by atoms with Gasteiger partial charge in [-0.1, -0.05) is 0 Å². The minimum absolute atomic E-state index is 0.997. The summed E-state index contributed by atoms with van der Waals surface area (Å²) in [6, 6.07) is 0. The Labute approximate surface area is 185 Å². The summed E-state index contributed by atoms with van der Waals surface area (Å²) in [4.78, 5) is 0. The Morgan fingerprint density at radius 3 is 0.757 bits per heavy atom.